The minimum absolute atomic E-state index is 0.547. The smallest absolute Gasteiger partial charge is 0.375 e. The van der Waals surface area contributed by atoms with Gasteiger partial charge >= 0.3 is 10.4 Å². The van der Waals surface area contributed by atoms with Crippen LogP contribution in [0.15, 0.2) is 47.1 Å². The third kappa shape index (κ3) is 4.07. The predicted octanol–water partition coefficient (Wildman–Crippen LogP) is 3.02. The lowest BCUT2D eigenvalue weighted by Crippen LogP contribution is -2.51. The molecular formula is C18H19BrN2O6S. The minimum Gasteiger partial charge on any atom is -0.375 e. The van der Waals surface area contributed by atoms with Crippen molar-refractivity contribution in [1.29, 1.82) is 0 Å². The molecule has 0 radical (unpaired) electrons. The number of nitrogens with zero attached hydrogens (tertiary/aromatic N) is 1. The zero-order chi connectivity index (χ0) is 20.1. The molecule has 0 saturated carbocycles. The van der Waals surface area contributed by atoms with Crippen LogP contribution in [-0.2, 0) is 24.1 Å². The van der Waals surface area contributed by atoms with Gasteiger partial charge in [0, 0.05) is 9.87 Å². The maximum Gasteiger partial charge on any atom is 0.397 e. The van der Waals surface area contributed by atoms with Gasteiger partial charge in [-0.2, -0.15) is 8.42 Å². The lowest BCUT2D eigenvalue weighted by atomic mass is 9.94. The van der Waals surface area contributed by atoms with Crippen molar-refractivity contribution in [3.63, 3.8) is 0 Å². The highest BCUT2D eigenvalue weighted by Gasteiger charge is 2.52. The SMILES string of the molecule is CC1(C)O[C@H]2[C@H](OS(=O)(=O)O)[C@@H](Nc3cnc4ccccc4c3)C=C(Br)[C@H]2O1. The minimum atomic E-state index is -4.71. The molecule has 0 amide bonds. The Bertz CT molecular complexity index is 1040. The number of halogens is 1. The van der Waals surface area contributed by atoms with Crippen molar-refractivity contribution in [2.24, 2.45) is 0 Å². The largest absolute Gasteiger partial charge is 0.397 e. The summed E-state index contributed by atoms with van der Waals surface area (Å²) < 4.78 is 49.6. The highest BCUT2D eigenvalue weighted by atomic mass is 79.9. The van der Waals surface area contributed by atoms with Crippen LogP contribution in [0.1, 0.15) is 13.8 Å². The highest BCUT2D eigenvalue weighted by Crippen LogP contribution is 2.41. The van der Waals surface area contributed by atoms with Gasteiger partial charge in [0.2, 0.25) is 0 Å². The number of anilines is 1. The zero-order valence-corrected chi connectivity index (χ0v) is 17.5. The number of pyridine rings is 1. The molecule has 1 aliphatic carbocycles. The van der Waals surface area contributed by atoms with Gasteiger partial charge in [-0.1, -0.05) is 34.1 Å². The Labute approximate surface area is 171 Å². The summed E-state index contributed by atoms with van der Waals surface area (Å²) in [5.74, 6) is -0.928. The van der Waals surface area contributed by atoms with Gasteiger partial charge in [-0.3, -0.25) is 9.54 Å². The Morgan fingerprint density at radius 2 is 2.04 bits per heavy atom. The first-order valence-electron chi connectivity index (χ1n) is 8.61. The molecule has 8 nitrogen and oxygen atoms in total. The lowest BCUT2D eigenvalue weighted by molar-refractivity contribution is -0.151. The van der Waals surface area contributed by atoms with E-state index in [2.05, 4.69) is 26.2 Å². The molecule has 28 heavy (non-hydrogen) atoms. The second-order valence-electron chi connectivity index (χ2n) is 7.15. The number of fused-ring (bicyclic) bond motifs is 2. The fraction of sp³-hybridized carbons (Fsp3) is 0.389. The van der Waals surface area contributed by atoms with E-state index in [9.17, 15) is 13.0 Å². The van der Waals surface area contributed by atoms with Gasteiger partial charge in [-0.15, -0.1) is 0 Å². The normalized spacial score (nSPS) is 29.4. The number of nitrogens with one attached hydrogen (secondary N) is 1. The first-order chi connectivity index (χ1) is 13.1. The number of aromatic nitrogens is 1. The van der Waals surface area contributed by atoms with Crippen LogP contribution >= 0.6 is 15.9 Å². The van der Waals surface area contributed by atoms with Crippen molar-refractivity contribution < 1.29 is 26.6 Å². The van der Waals surface area contributed by atoms with Crippen LogP contribution < -0.4 is 5.32 Å². The third-order valence-corrected chi connectivity index (χ3v) is 5.75. The van der Waals surface area contributed by atoms with Crippen LogP contribution in [0.5, 0.6) is 0 Å². The van der Waals surface area contributed by atoms with Crippen LogP contribution in [0.2, 0.25) is 0 Å². The average molecular weight is 471 g/mol. The van der Waals surface area contributed by atoms with E-state index in [4.69, 9.17) is 13.7 Å². The van der Waals surface area contributed by atoms with E-state index >= 15 is 0 Å². The summed E-state index contributed by atoms with van der Waals surface area (Å²) in [6.07, 6.45) is 1.06. The van der Waals surface area contributed by atoms with Crippen molar-refractivity contribution in [3.05, 3.63) is 47.1 Å². The highest BCUT2D eigenvalue weighted by molar-refractivity contribution is 9.11. The van der Waals surface area contributed by atoms with Gasteiger partial charge in [-0.05, 0) is 32.1 Å². The molecule has 1 fully saturated rings. The van der Waals surface area contributed by atoms with E-state index in [1.165, 1.54) is 0 Å². The molecule has 2 aliphatic rings. The molecule has 2 N–H and O–H groups in total. The van der Waals surface area contributed by atoms with Gasteiger partial charge < -0.3 is 14.8 Å². The number of ether oxygens (including phenoxy) is 2. The summed E-state index contributed by atoms with van der Waals surface area (Å²) in [6, 6.07) is 8.91. The number of benzene rings is 1. The molecule has 1 aliphatic heterocycles. The molecule has 1 aromatic carbocycles. The molecule has 2 heterocycles. The molecule has 150 valence electrons. The average Bonchev–Trinajstić information content (AvgIpc) is 2.93. The number of hydrogen-bond donors (Lipinski definition) is 2. The Hall–Kier alpha value is -1.56. The predicted molar refractivity (Wildman–Crippen MR) is 106 cm³/mol. The van der Waals surface area contributed by atoms with Gasteiger partial charge in [0.15, 0.2) is 5.79 Å². The molecule has 2 aromatic rings. The van der Waals surface area contributed by atoms with Crippen molar-refractivity contribution >= 4 is 42.9 Å². The van der Waals surface area contributed by atoms with Gasteiger partial charge in [-0.25, -0.2) is 4.18 Å². The van der Waals surface area contributed by atoms with E-state index in [0.717, 1.165) is 10.9 Å². The van der Waals surface area contributed by atoms with Crippen molar-refractivity contribution in [2.45, 2.75) is 44.0 Å². The van der Waals surface area contributed by atoms with Gasteiger partial charge in [0.05, 0.1) is 23.4 Å². The van der Waals surface area contributed by atoms with E-state index < -0.39 is 40.5 Å². The first-order valence-corrected chi connectivity index (χ1v) is 10.8. The summed E-state index contributed by atoms with van der Waals surface area (Å²) in [5, 5.41) is 4.14. The molecule has 0 unspecified atom stereocenters. The maximum atomic E-state index is 11.5. The van der Waals surface area contributed by atoms with Crippen LogP contribution in [0.4, 0.5) is 5.69 Å². The first kappa shape index (κ1) is 19.7. The Kier molecular flexibility index (Phi) is 4.97. The second kappa shape index (κ2) is 7.05. The number of hydrogen-bond acceptors (Lipinski definition) is 7. The van der Waals surface area contributed by atoms with E-state index in [1.807, 2.05) is 30.3 Å². The molecule has 10 heteroatoms. The Morgan fingerprint density at radius 1 is 1.29 bits per heavy atom. The van der Waals surface area contributed by atoms with Crippen LogP contribution in [0.25, 0.3) is 10.9 Å². The molecular weight excluding hydrogens is 452 g/mol. The summed E-state index contributed by atoms with van der Waals surface area (Å²) in [6.45, 7) is 3.46. The summed E-state index contributed by atoms with van der Waals surface area (Å²) in [7, 11) is -4.71. The Morgan fingerprint density at radius 3 is 2.79 bits per heavy atom. The summed E-state index contributed by atoms with van der Waals surface area (Å²) >= 11 is 3.48. The number of para-hydroxylation sites is 1. The monoisotopic (exact) mass is 470 g/mol. The topological polar surface area (TPSA) is 107 Å². The molecule has 1 aromatic heterocycles. The second-order valence-corrected chi connectivity index (χ2v) is 9.11. The van der Waals surface area contributed by atoms with Gasteiger partial charge in [0.25, 0.3) is 0 Å². The summed E-state index contributed by atoms with van der Waals surface area (Å²) in [4.78, 5) is 4.40. The maximum absolute atomic E-state index is 11.5. The zero-order valence-electron chi connectivity index (χ0n) is 15.1. The van der Waals surface area contributed by atoms with Crippen molar-refractivity contribution in [1.82, 2.24) is 4.98 Å². The molecule has 0 spiro atoms. The van der Waals surface area contributed by atoms with Crippen LogP contribution in [0, 0.1) is 0 Å². The van der Waals surface area contributed by atoms with E-state index in [1.54, 1.807) is 26.1 Å². The molecule has 4 atom stereocenters. The Balaban J connectivity index is 1.68. The van der Waals surface area contributed by atoms with Crippen LogP contribution in [0.3, 0.4) is 0 Å². The van der Waals surface area contributed by atoms with Crippen LogP contribution in [-0.4, -0.2) is 48.1 Å². The number of rotatable bonds is 4. The standard InChI is InChI=1S/C18H19BrN2O6S/c1-18(2)25-15-12(19)8-14(16(17(15)26-18)27-28(22,23)24)21-11-7-10-5-3-4-6-13(10)20-9-11/h3-9,14-17,21H,1-2H3,(H,22,23,24)/t14-,15+,16+,17+/m0/s1. The molecule has 0 bridgehead atoms. The van der Waals surface area contributed by atoms with Gasteiger partial charge in [0.1, 0.15) is 18.3 Å². The molecule has 4 rings (SSSR count). The quantitative estimate of drug-likeness (QED) is 0.656. The van der Waals surface area contributed by atoms with Crippen molar-refractivity contribution in [3.8, 4) is 0 Å². The molecule has 1 saturated heterocycles. The lowest BCUT2D eigenvalue weighted by Gasteiger charge is -2.35. The van der Waals surface area contributed by atoms with Crippen molar-refractivity contribution in [2.75, 3.05) is 5.32 Å². The third-order valence-electron chi connectivity index (χ3n) is 4.57. The van der Waals surface area contributed by atoms with E-state index in [-0.39, 0.29) is 0 Å². The fourth-order valence-electron chi connectivity index (χ4n) is 3.53. The summed E-state index contributed by atoms with van der Waals surface area (Å²) in [5.41, 5.74) is 1.51. The fourth-order valence-corrected chi connectivity index (χ4v) is 4.68. The van der Waals surface area contributed by atoms with E-state index in [0.29, 0.717) is 10.2 Å².